The van der Waals surface area contributed by atoms with E-state index in [0.717, 1.165) is 57.3 Å². The lowest BCUT2D eigenvalue weighted by molar-refractivity contribution is -0.145. The average molecular weight is 444 g/mol. The van der Waals surface area contributed by atoms with Gasteiger partial charge in [0.15, 0.2) is 0 Å². The van der Waals surface area contributed by atoms with Crippen LogP contribution in [0.5, 0.6) is 0 Å². The van der Waals surface area contributed by atoms with Crippen molar-refractivity contribution in [3.05, 3.63) is 29.8 Å². The summed E-state index contributed by atoms with van der Waals surface area (Å²) >= 11 is 0. The van der Waals surface area contributed by atoms with E-state index in [0.29, 0.717) is 18.3 Å². The van der Waals surface area contributed by atoms with E-state index in [9.17, 15) is 9.59 Å². The maximum atomic E-state index is 13.7. The normalized spacial score (nSPS) is 18.6. The van der Waals surface area contributed by atoms with Gasteiger partial charge in [-0.05, 0) is 68.1 Å². The maximum absolute atomic E-state index is 13.7. The highest BCUT2D eigenvalue weighted by Gasteiger charge is 2.37. The van der Waals surface area contributed by atoms with Crippen LogP contribution in [0.3, 0.4) is 0 Å². The first-order valence-electron chi connectivity index (χ1n) is 12.7. The van der Waals surface area contributed by atoms with E-state index in [1.54, 1.807) is 0 Å². The Morgan fingerprint density at radius 2 is 1.78 bits per heavy atom. The quantitative estimate of drug-likeness (QED) is 0.444. The molecule has 1 heterocycles. The molecule has 1 saturated heterocycles. The molecular formula is C27H45N3O2. The molecule has 0 saturated carbocycles. The standard InChI is InChI=1S/C27H45N3O2/c1-6-9-24(26(28)31)25(18-19(2)3)27(32)30-17-8-7-10-23(30)15-16-29-22-13-11-21(12-14-22)20(4)5/h11-14,19-20,23-25,29H,6-10,15-18H2,1-5H3,(H2,28,31)/t23-,24?,25?/m1/s1. The molecule has 3 N–H and O–H groups in total. The molecule has 1 aliphatic heterocycles. The Kier molecular flexibility index (Phi) is 10.5. The summed E-state index contributed by atoms with van der Waals surface area (Å²) in [4.78, 5) is 28.0. The molecule has 2 amide bonds. The Morgan fingerprint density at radius 1 is 1.09 bits per heavy atom. The zero-order valence-corrected chi connectivity index (χ0v) is 20.9. The van der Waals surface area contributed by atoms with Crippen LogP contribution < -0.4 is 11.1 Å². The minimum Gasteiger partial charge on any atom is -0.385 e. The minimum absolute atomic E-state index is 0.141. The predicted molar refractivity (Wildman–Crippen MR) is 134 cm³/mol. The SMILES string of the molecule is CCCC(C(N)=O)C(CC(C)C)C(=O)N1CCCC[C@@H]1CCNc1ccc(C(C)C)cc1. The van der Waals surface area contributed by atoms with E-state index in [4.69, 9.17) is 5.73 Å². The van der Waals surface area contributed by atoms with Crippen LogP contribution in [0.4, 0.5) is 5.69 Å². The lowest BCUT2D eigenvalue weighted by Gasteiger charge is -2.39. The van der Waals surface area contributed by atoms with Gasteiger partial charge in [-0.2, -0.15) is 0 Å². The third-order valence-electron chi connectivity index (χ3n) is 6.79. The number of primary amides is 1. The van der Waals surface area contributed by atoms with Gasteiger partial charge in [-0.25, -0.2) is 0 Å². The van der Waals surface area contributed by atoms with Crippen LogP contribution in [0.15, 0.2) is 24.3 Å². The molecule has 0 bridgehead atoms. The zero-order valence-electron chi connectivity index (χ0n) is 20.9. The number of piperidine rings is 1. The molecule has 2 unspecified atom stereocenters. The van der Waals surface area contributed by atoms with Crippen LogP contribution in [0.2, 0.25) is 0 Å². The fraction of sp³-hybridized carbons (Fsp3) is 0.704. The fourth-order valence-electron chi connectivity index (χ4n) is 4.97. The summed E-state index contributed by atoms with van der Waals surface area (Å²) in [6, 6.07) is 8.86. The number of rotatable bonds is 12. The Balaban J connectivity index is 2.05. The lowest BCUT2D eigenvalue weighted by Crippen LogP contribution is -2.50. The first-order chi connectivity index (χ1) is 15.2. The van der Waals surface area contributed by atoms with Crippen molar-refractivity contribution in [2.75, 3.05) is 18.4 Å². The molecule has 5 nitrogen and oxygen atoms in total. The molecule has 1 aromatic carbocycles. The highest BCUT2D eigenvalue weighted by Crippen LogP contribution is 2.30. The van der Waals surface area contributed by atoms with Gasteiger partial charge in [0.25, 0.3) is 0 Å². The number of nitrogens with two attached hydrogens (primary N) is 1. The molecular weight excluding hydrogens is 398 g/mol. The third-order valence-corrected chi connectivity index (χ3v) is 6.79. The Morgan fingerprint density at radius 3 is 2.34 bits per heavy atom. The van der Waals surface area contributed by atoms with E-state index in [2.05, 4.69) is 69.1 Å². The van der Waals surface area contributed by atoms with E-state index >= 15 is 0 Å². The van der Waals surface area contributed by atoms with Gasteiger partial charge in [-0.1, -0.05) is 53.2 Å². The van der Waals surface area contributed by atoms with Crippen LogP contribution in [-0.4, -0.2) is 35.8 Å². The van der Waals surface area contributed by atoms with Crippen molar-refractivity contribution in [3.8, 4) is 0 Å². The lowest BCUT2D eigenvalue weighted by atomic mass is 9.80. The number of hydrogen-bond donors (Lipinski definition) is 2. The number of carbonyl (C=O) groups excluding carboxylic acids is 2. The number of hydrogen-bond acceptors (Lipinski definition) is 3. The van der Waals surface area contributed by atoms with Crippen molar-refractivity contribution >= 4 is 17.5 Å². The summed E-state index contributed by atoms with van der Waals surface area (Å²) < 4.78 is 0. The smallest absolute Gasteiger partial charge is 0.226 e. The average Bonchev–Trinajstić information content (AvgIpc) is 2.76. The number of nitrogens with zero attached hydrogens (tertiary/aromatic N) is 1. The van der Waals surface area contributed by atoms with Crippen LogP contribution in [0, 0.1) is 17.8 Å². The van der Waals surface area contributed by atoms with Crippen LogP contribution in [0.1, 0.15) is 91.0 Å². The number of benzene rings is 1. The molecule has 1 fully saturated rings. The maximum Gasteiger partial charge on any atom is 0.226 e. The summed E-state index contributed by atoms with van der Waals surface area (Å²) in [5.41, 5.74) is 8.22. The topological polar surface area (TPSA) is 75.4 Å². The first-order valence-corrected chi connectivity index (χ1v) is 12.7. The monoisotopic (exact) mass is 443 g/mol. The van der Waals surface area contributed by atoms with Crippen molar-refractivity contribution < 1.29 is 9.59 Å². The van der Waals surface area contributed by atoms with Gasteiger partial charge < -0.3 is 16.0 Å². The van der Waals surface area contributed by atoms with E-state index in [1.807, 2.05) is 0 Å². The molecule has 0 radical (unpaired) electrons. The van der Waals surface area contributed by atoms with E-state index < -0.39 is 0 Å². The van der Waals surface area contributed by atoms with Gasteiger partial charge in [-0.3, -0.25) is 9.59 Å². The molecule has 1 aromatic rings. The van der Waals surface area contributed by atoms with E-state index in [1.165, 1.54) is 5.56 Å². The van der Waals surface area contributed by atoms with Crippen LogP contribution >= 0.6 is 0 Å². The molecule has 3 atom stereocenters. The summed E-state index contributed by atoms with van der Waals surface area (Å²) in [6.07, 6.45) is 6.40. The molecule has 0 aliphatic carbocycles. The van der Waals surface area contributed by atoms with Gasteiger partial charge in [0.2, 0.25) is 11.8 Å². The third kappa shape index (κ3) is 7.53. The van der Waals surface area contributed by atoms with Gasteiger partial charge in [-0.15, -0.1) is 0 Å². The van der Waals surface area contributed by atoms with Crippen LogP contribution in [0.25, 0.3) is 0 Å². The number of carbonyl (C=O) groups is 2. The fourth-order valence-corrected chi connectivity index (χ4v) is 4.97. The predicted octanol–water partition coefficient (Wildman–Crippen LogP) is 5.56. The molecule has 0 spiro atoms. The van der Waals surface area contributed by atoms with Gasteiger partial charge in [0, 0.05) is 36.7 Å². The number of amides is 2. The zero-order chi connectivity index (χ0) is 23.7. The second-order valence-electron chi connectivity index (χ2n) is 10.2. The molecule has 0 aromatic heterocycles. The van der Waals surface area contributed by atoms with Gasteiger partial charge >= 0.3 is 0 Å². The largest absolute Gasteiger partial charge is 0.385 e. The van der Waals surface area contributed by atoms with Gasteiger partial charge in [0.05, 0.1) is 0 Å². The molecule has 5 heteroatoms. The van der Waals surface area contributed by atoms with Crippen molar-refractivity contribution in [1.82, 2.24) is 4.90 Å². The molecule has 2 rings (SSSR count). The molecule has 180 valence electrons. The Labute approximate surface area is 195 Å². The molecule has 1 aliphatic rings. The van der Waals surface area contributed by atoms with E-state index in [-0.39, 0.29) is 29.7 Å². The summed E-state index contributed by atoms with van der Waals surface area (Å²) in [6.45, 7) is 12.3. The van der Waals surface area contributed by atoms with Crippen LogP contribution in [-0.2, 0) is 9.59 Å². The first kappa shape index (κ1) is 26.2. The highest BCUT2D eigenvalue weighted by atomic mass is 16.2. The van der Waals surface area contributed by atoms with Gasteiger partial charge in [0.1, 0.15) is 0 Å². The summed E-state index contributed by atoms with van der Waals surface area (Å²) in [5.74, 6) is 0.0236. The second kappa shape index (κ2) is 12.9. The minimum atomic E-state index is -0.366. The molecule has 32 heavy (non-hydrogen) atoms. The van der Waals surface area contributed by atoms with Crippen molar-refractivity contribution in [2.45, 2.75) is 91.5 Å². The number of anilines is 1. The Bertz CT molecular complexity index is 714. The number of nitrogens with one attached hydrogen (secondary N) is 1. The van der Waals surface area contributed by atoms with Crippen molar-refractivity contribution in [2.24, 2.45) is 23.5 Å². The highest BCUT2D eigenvalue weighted by molar-refractivity contribution is 5.87. The second-order valence-corrected chi connectivity index (χ2v) is 10.2. The summed E-state index contributed by atoms with van der Waals surface area (Å²) in [7, 11) is 0. The van der Waals surface area contributed by atoms with Crippen molar-refractivity contribution in [1.29, 1.82) is 0 Å². The summed E-state index contributed by atoms with van der Waals surface area (Å²) in [5, 5.41) is 3.53. The van der Waals surface area contributed by atoms with Crippen molar-refractivity contribution in [3.63, 3.8) is 0 Å². The number of likely N-dealkylation sites (tertiary alicyclic amines) is 1. The Hall–Kier alpha value is -2.04.